The van der Waals surface area contributed by atoms with E-state index >= 15 is 0 Å². The first-order chi connectivity index (χ1) is 6.33. The summed E-state index contributed by atoms with van der Waals surface area (Å²) in [7, 11) is 0. The zero-order valence-corrected chi connectivity index (χ0v) is 8.51. The van der Waals surface area contributed by atoms with Gasteiger partial charge in [0, 0.05) is 18.6 Å². The molecule has 0 atom stereocenters. The van der Waals surface area contributed by atoms with Crippen molar-refractivity contribution in [1.29, 1.82) is 0 Å². The van der Waals surface area contributed by atoms with Gasteiger partial charge in [0.2, 0.25) is 0 Å². The van der Waals surface area contributed by atoms with Crippen LogP contribution in [0.5, 0.6) is 0 Å². The predicted molar refractivity (Wildman–Crippen MR) is 57.8 cm³/mol. The van der Waals surface area contributed by atoms with Crippen molar-refractivity contribution >= 4 is 11.6 Å². The van der Waals surface area contributed by atoms with E-state index in [1.165, 1.54) is 5.56 Å². The average Bonchev–Trinajstić information content (AvgIpc) is 2.19. The smallest absolute Gasteiger partial charge is 0.0208 e. The predicted octanol–water partition coefficient (Wildman–Crippen LogP) is 2.92. The molecule has 2 heteroatoms. The molecule has 70 valence electrons. The highest BCUT2D eigenvalue weighted by Gasteiger charge is 1.90. The Morgan fingerprint density at radius 1 is 1.38 bits per heavy atom. The highest BCUT2D eigenvalue weighted by molar-refractivity contribution is 6.25. The van der Waals surface area contributed by atoms with Crippen LogP contribution in [0.4, 0.5) is 0 Å². The van der Waals surface area contributed by atoms with E-state index in [1.807, 2.05) is 25.1 Å². The summed E-state index contributed by atoms with van der Waals surface area (Å²) in [5, 5.41) is 3.30. The van der Waals surface area contributed by atoms with E-state index in [0.29, 0.717) is 0 Å². The summed E-state index contributed by atoms with van der Waals surface area (Å²) in [4.78, 5) is 0. The van der Waals surface area contributed by atoms with Crippen LogP contribution in [0.15, 0.2) is 41.4 Å². The molecule has 1 nitrogen and oxygen atoms in total. The second-order valence-corrected chi connectivity index (χ2v) is 3.26. The van der Waals surface area contributed by atoms with E-state index in [0.717, 1.165) is 18.7 Å². The molecule has 0 amide bonds. The van der Waals surface area contributed by atoms with Crippen molar-refractivity contribution in [3.63, 3.8) is 0 Å². The summed E-state index contributed by atoms with van der Waals surface area (Å²) in [5.74, 6) is 0. The average molecular weight is 196 g/mol. The van der Waals surface area contributed by atoms with Crippen molar-refractivity contribution in [3.8, 4) is 0 Å². The highest BCUT2D eigenvalue weighted by Crippen LogP contribution is 1.98. The molecular formula is C11H14ClN. The zero-order chi connectivity index (χ0) is 9.52. The van der Waals surface area contributed by atoms with Gasteiger partial charge < -0.3 is 5.32 Å². The molecule has 0 heterocycles. The second-order valence-electron chi connectivity index (χ2n) is 3.04. The van der Waals surface area contributed by atoms with E-state index in [2.05, 4.69) is 17.4 Å². The molecule has 0 spiro atoms. The van der Waals surface area contributed by atoms with Gasteiger partial charge in [-0.05, 0) is 18.1 Å². The van der Waals surface area contributed by atoms with Crippen LogP contribution >= 0.6 is 11.6 Å². The van der Waals surface area contributed by atoms with Crippen molar-refractivity contribution in [1.82, 2.24) is 5.32 Å². The van der Waals surface area contributed by atoms with E-state index < -0.39 is 0 Å². The minimum atomic E-state index is 0.846. The molecule has 0 radical (unpaired) electrons. The van der Waals surface area contributed by atoms with Gasteiger partial charge in [0.05, 0.1) is 0 Å². The molecule has 0 saturated carbocycles. The van der Waals surface area contributed by atoms with Gasteiger partial charge in [-0.15, -0.1) is 0 Å². The van der Waals surface area contributed by atoms with Crippen LogP contribution in [0.3, 0.4) is 0 Å². The third-order valence-corrected chi connectivity index (χ3v) is 2.13. The van der Waals surface area contributed by atoms with E-state index in [4.69, 9.17) is 11.6 Å². The van der Waals surface area contributed by atoms with E-state index in [-0.39, 0.29) is 0 Å². The molecule has 0 aliphatic carbocycles. The highest BCUT2D eigenvalue weighted by atomic mass is 35.5. The van der Waals surface area contributed by atoms with Gasteiger partial charge in [-0.1, -0.05) is 41.9 Å². The van der Waals surface area contributed by atoms with Gasteiger partial charge in [0.25, 0.3) is 0 Å². The first-order valence-corrected chi connectivity index (χ1v) is 4.77. The maximum absolute atomic E-state index is 5.53. The Bertz CT molecular complexity index is 267. The number of hydrogen-bond donors (Lipinski definition) is 1. The fraction of sp³-hybridized carbons (Fsp3) is 0.273. The zero-order valence-electron chi connectivity index (χ0n) is 7.76. The molecule has 0 aliphatic rings. The van der Waals surface area contributed by atoms with Crippen LogP contribution in [0.1, 0.15) is 12.5 Å². The van der Waals surface area contributed by atoms with Gasteiger partial charge in [-0.2, -0.15) is 0 Å². The lowest BCUT2D eigenvalue weighted by Gasteiger charge is -2.03. The van der Waals surface area contributed by atoms with Crippen molar-refractivity contribution in [2.45, 2.75) is 13.5 Å². The van der Waals surface area contributed by atoms with Crippen LogP contribution in [0.2, 0.25) is 0 Å². The van der Waals surface area contributed by atoms with Crippen LogP contribution in [0, 0.1) is 0 Å². The standard InChI is InChI=1S/C11H14ClN/c1-10(7-12)8-13-9-11-5-3-2-4-6-11/h2-7,13H,8-9H2,1H3/b10-7-. The molecule has 0 saturated heterocycles. The monoisotopic (exact) mass is 195 g/mol. The largest absolute Gasteiger partial charge is 0.309 e. The molecular weight excluding hydrogens is 182 g/mol. The molecule has 0 aromatic heterocycles. The Labute approximate surface area is 84.4 Å². The quantitative estimate of drug-likeness (QED) is 0.779. The number of nitrogens with one attached hydrogen (secondary N) is 1. The fourth-order valence-electron chi connectivity index (χ4n) is 1.04. The maximum Gasteiger partial charge on any atom is 0.0208 e. The molecule has 0 aliphatic heterocycles. The SMILES string of the molecule is C/C(=C/Cl)CNCc1ccccc1. The fourth-order valence-corrected chi connectivity index (χ4v) is 1.12. The molecule has 1 rings (SSSR count). The van der Waals surface area contributed by atoms with Crippen LogP contribution < -0.4 is 5.32 Å². The molecule has 13 heavy (non-hydrogen) atoms. The first-order valence-electron chi connectivity index (χ1n) is 4.33. The van der Waals surface area contributed by atoms with Gasteiger partial charge >= 0.3 is 0 Å². The number of hydrogen-bond acceptors (Lipinski definition) is 1. The Morgan fingerprint density at radius 2 is 2.08 bits per heavy atom. The first kappa shape index (κ1) is 10.3. The maximum atomic E-state index is 5.53. The minimum absolute atomic E-state index is 0.846. The third-order valence-electron chi connectivity index (χ3n) is 1.76. The lowest BCUT2D eigenvalue weighted by molar-refractivity contribution is 0.740. The summed E-state index contributed by atoms with van der Waals surface area (Å²) in [6.07, 6.45) is 0. The second kappa shape index (κ2) is 5.79. The molecule has 0 unspecified atom stereocenters. The van der Waals surface area contributed by atoms with Crippen molar-refractivity contribution in [2.24, 2.45) is 0 Å². The molecule has 1 aromatic carbocycles. The molecule has 0 bridgehead atoms. The summed E-state index contributed by atoms with van der Waals surface area (Å²) in [6.45, 7) is 3.74. The number of halogens is 1. The minimum Gasteiger partial charge on any atom is -0.309 e. The van der Waals surface area contributed by atoms with Gasteiger partial charge in [0.1, 0.15) is 0 Å². The summed E-state index contributed by atoms with van der Waals surface area (Å²) in [5.41, 5.74) is 4.06. The van der Waals surface area contributed by atoms with E-state index in [9.17, 15) is 0 Å². The normalized spacial score (nSPS) is 11.7. The Kier molecular flexibility index (Phi) is 4.58. The lowest BCUT2D eigenvalue weighted by atomic mass is 10.2. The van der Waals surface area contributed by atoms with Gasteiger partial charge in [-0.25, -0.2) is 0 Å². The lowest BCUT2D eigenvalue weighted by Crippen LogP contribution is -2.15. The number of benzene rings is 1. The summed E-state index contributed by atoms with van der Waals surface area (Å²) < 4.78 is 0. The molecule has 0 fully saturated rings. The van der Waals surface area contributed by atoms with Crippen molar-refractivity contribution < 1.29 is 0 Å². The van der Waals surface area contributed by atoms with Crippen molar-refractivity contribution in [3.05, 3.63) is 47.0 Å². The summed E-state index contributed by atoms with van der Waals surface area (Å²) in [6, 6.07) is 10.3. The van der Waals surface area contributed by atoms with E-state index in [1.54, 1.807) is 5.54 Å². The Hall–Kier alpha value is -0.790. The Morgan fingerprint density at radius 3 is 2.69 bits per heavy atom. The third kappa shape index (κ3) is 4.11. The van der Waals surface area contributed by atoms with Crippen LogP contribution in [0.25, 0.3) is 0 Å². The van der Waals surface area contributed by atoms with Gasteiger partial charge in [-0.3, -0.25) is 0 Å². The van der Waals surface area contributed by atoms with Crippen molar-refractivity contribution in [2.75, 3.05) is 6.54 Å². The molecule has 1 aromatic rings. The Balaban J connectivity index is 2.28. The van der Waals surface area contributed by atoms with Crippen LogP contribution in [-0.4, -0.2) is 6.54 Å². The van der Waals surface area contributed by atoms with Crippen LogP contribution in [-0.2, 0) is 6.54 Å². The topological polar surface area (TPSA) is 12.0 Å². The number of rotatable bonds is 4. The molecule has 1 N–H and O–H groups in total. The summed E-state index contributed by atoms with van der Waals surface area (Å²) >= 11 is 5.53. The van der Waals surface area contributed by atoms with Gasteiger partial charge in [0.15, 0.2) is 0 Å².